The van der Waals surface area contributed by atoms with Gasteiger partial charge in [-0.25, -0.2) is 4.98 Å². The summed E-state index contributed by atoms with van der Waals surface area (Å²) in [6.07, 6.45) is 2.83. The molecule has 0 radical (unpaired) electrons. The summed E-state index contributed by atoms with van der Waals surface area (Å²) in [5.74, 6) is 0.257. The van der Waals surface area contributed by atoms with Crippen LogP contribution in [0.1, 0.15) is 33.2 Å². The zero-order valence-corrected chi connectivity index (χ0v) is 20.2. The number of carbonyl (C=O) groups is 2. The smallest absolute Gasteiger partial charge is 0.254 e. The highest BCUT2D eigenvalue weighted by molar-refractivity contribution is 6.01. The fourth-order valence-electron chi connectivity index (χ4n) is 4.00. The molecule has 12 heteroatoms. The van der Waals surface area contributed by atoms with Gasteiger partial charge >= 0.3 is 0 Å². The number of carbonyl (C=O) groups excluding carboxylic acids is 2. The molecule has 1 saturated heterocycles. The van der Waals surface area contributed by atoms with Crippen LogP contribution >= 0.6 is 0 Å². The van der Waals surface area contributed by atoms with E-state index in [0.717, 1.165) is 25.9 Å². The van der Waals surface area contributed by atoms with E-state index < -0.39 is 12.9 Å². The lowest BCUT2D eigenvalue weighted by molar-refractivity contribution is -0.117. The maximum atomic E-state index is 12.8. The Bertz CT molecular complexity index is 1390. The first-order valence-electron chi connectivity index (χ1n) is 13.4. The van der Waals surface area contributed by atoms with Gasteiger partial charge in [-0.2, -0.15) is 4.98 Å². The number of hydrogen-bond donors (Lipinski definition) is 3. The summed E-state index contributed by atoms with van der Waals surface area (Å²) >= 11 is 0. The average molecular weight is 511 g/mol. The minimum absolute atomic E-state index is 0.0413. The Morgan fingerprint density at radius 1 is 1.24 bits per heavy atom. The van der Waals surface area contributed by atoms with Gasteiger partial charge in [0.05, 0.1) is 49.4 Å². The first-order valence-corrected chi connectivity index (χ1v) is 11.9. The van der Waals surface area contributed by atoms with Gasteiger partial charge < -0.3 is 29.9 Å². The van der Waals surface area contributed by atoms with Crippen molar-refractivity contribution in [2.45, 2.75) is 19.4 Å². The molecular weight excluding hydrogens is 478 g/mol. The topological polar surface area (TPSA) is 144 Å². The third-order valence-corrected chi connectivity index (χ3v) is 6.12. The van der Waals surface area contributed by atoms with Crippen molar-refractivity contribution < 1.29 is 27.7 Å². The molecule has 2 aromatic heterocycles. The van der Waals surface area contributed by atoms with Gasteiger partial charge in [-0.1, -0.05) is 11.2 Å². The molecule has 3 heterocycles. The molecule has 0 atom stereocenters. The van der Waals surface area contributed by atoms with Gasteiger partial charge in [0.15, 0.2) is 5.75 Å². The van der Waals surface area contributed by atoms with Gasteiger partial charge in [-0.15, -0.1) is 0 Å². The predicted octanol–water partition coefficient (Wildman–Crippen LogP) is 2.42. The van der Waals surface area contributed by atoms with Crippen molar-refractivity contribution in [2.24, 2.45) is 5.92 Å². The van der Waals surface area contributed by atoms with Crippen molar-refractivity contribution in [3.8, 4) is 17.1 Å². The summed E-state index contributed by atoms with van der Waals surface area (Å²) in [5.41, 5.74) is 1.14. The Labute approximate surface area is 217 Å². The van der Waals surface area contributed by atoms with Crippen LogP contribution in [0.2, 0.25) is 0 Å². The number of methoxy groups -OCH3 is 1. The number of morpholine rings is 1. The molecule has 37 heavy (non-hydrogen) atoms. The highest BCUT2D eigenvalue weighted by atomic mass is 16.5. The molecule has 1 aliphatic carbocycles. The minimum atomic E-state index is -2.71. The first kappa shape index (κ1) is 21.1. The van der Waals surface area contributed by atoms with Crippen LogP contribution in [-0.4, -0.2) is 72.2 Å². The van der Waals surface area contributed by atoms with E-state index in [2.05, 4.69) is 30.7 Å². The summed E-state index contributed by atoms with van der Waals surface area (Å²) in [5, 5.41) is 12.0. The molecule has 1 aromatic carbocycles. The SMILES string of the molecule is [2H]C([2H])([2H])NC(=O)c1cnc(NC(=O)C2CC2)cc1Nc1cccc(-c2noc(CN3CCOCC3)n2)c1OC. The van der Waals surface area contributed by atoms with Crippen LogP contribution in [0.15, 0.2) is 35.0 Å². The molecule has 2 fully saturated rings. The van der Waals surface area contributed by atoms with Crippen molar-refractivity contribution in [2.75, 3.05) is 51.0 Å². The van der Waals surface area contributed by atoms with E-state index in [0.29, 0.717) is 48.5 Å². The van der Waals surface area contributed by atoms with Gasteiger partial charge in [-0.3, -0.25) is 14.5 Å². The van der Waals surface area contributed by atoms with E-state index in [-0.39, 0.29) is 28.9 Å². The third-order valence-electron chi connectivity index (χ3n) is 6.12. The van der Waals surface area contributed by atoms with E-state index in [1.165, 1.54) is 19.4 Å². The molecule has 3 aromatic rings. The number of nitrogens with zero attached hydrogens (tertiary/aromatic N) is 4. The molecule has 3 N–H and O–H groups in total. The van der Waals surface area contributed by atoms with Crippen LogP contribution in [0.5, 0.6) is 5.75 Å². The zero-order chi connectivity index (χ0) is 28.3. The third kappa shape index (κ3) is 5.70. The van der Waals surface area contributed by atoms with Gasteiger partial charge in [0, 0.05) is 42.4 Å². The molecule has 0 bridgehead atoms. The van der Waals surface area contributed by atoms with Crippen molar-refractivity contribution >= 4 is 29.0 Å². The lowest BCUT2D eigenvalue weighted by atomic mass is 10.1. The van der Waals surface area contributed by atoms with Gasteiger partial charge in [0.25, 0.3) is 5.91 Å². The summed E-state index contributed by atoms with van der Waals surface area (Å²) in [6.45, 7) is 0.624. The number of benzene rings is 1. The number of anilines is 3. The van der Waals surface area contributed by atoms with E-state index in [1.54, 1.807) is 18.2 Å². The molecule has 0 spiro atoms. The number of pyridine rings is 1. The van der Waals surface area contributed by atoms with Crippen LogP contribution < -0.4 is 20.7 Å². The fourth-order valence-corrected chi connectivity index (χ4v) is 4.00. The Balaban J connectivity index is 1.44. The lowest BCUT2D eigenvalue weighted by Crippen LogP contribution is -2.35. The normalized spacial score (nSPS) is 17.3. The van der Waals surface area contributed by atoms with Crippen molar-refractivity contribution in [1.29, 1.82) is 0 Å². The second kappa shape index (κ2) is 10.9. The quantitative estimate of drug-likeness (QED) is 0.393. The zero-order valence-electron chi connectivity index (χ0n) is 23.2. The largest absolute Gasteiger partial charge is 0.494 e. The Hall–Kier alpha value is -4.03. The van der Waals surface area contributed by atoms with Crippen molar-refractivity contribution in [3.05, 3.63) is 41.9 Å². The summed E-state index contributed by atoms with van der Waals surface area (Å²) < 4.78 is 38.8. The van der Waals surface area contributed by atoms with E-state index in [4.69, 9.17) is 18.1 Å². The van der Waals surface area contributed by atoms with Crippen molar-refractivity contribution in [3.63, 3.8) is 0 Å². The predicted molar refractivity (Wildman–Crippen MR) is 135 cm³/mol. The van der Waals surface area contributed by atoms with Crippen LogP contribution in [0.4, 0.5) is 17.2 Å². The summed E-state index contributed by atoms with van der Waals surface area (Å²) in [6, 6.07) is 6.70. The van der Waals surface area contributed by atoms with E-state index >= 15 is 0 Å². The molecule has 1 saturated carbocycles. The molecule has 5 rings (SSSR count). The molecule has 2 aliphatic rings. The number of rotatable bonds is 9. The summed E-state index contributed by atoms with van der Waals surface area (Å²) in [4.78, 5) is 36.0. The first-order chi connectivity index (χ1) is 19.2. The monoisotopic (exact) mass is 510 g/mol. The van der Waals surface area contributed by atoms with Crippen LogP contribution in [0.3, 0.4) is 0 Å². The Kier molecular flexibility index (Phi) is 6.23. The van der Waals surface area contributed by atoms with E-state index in [1.807, 2.05) is 5.32 Å². The number of ether oxygens (including phenoxy) is 2. The second-order valence-electron chi connectivity index (χ2n) is 8.74. The van der Waals surface area contributed by atoms with Gasteiger partial charge in [0.1, 0.15) is 5.82 Å². The highest BCUT2D eigenvalue weighted by Gasteiger charge is 2.30. The number of hydrogen-bond acceptors (Lipinski definition) is 10. The number of amides is 2. The maximum absolute atomic E-state index is 12.8. The lowest BCUT2D eigenvalue weighted by Gasteiger charge is -2.24. The van der Waals surface area contributed by atoms with E-state index in [9.17, 15) is 9.59 Å². The minimum Gasteiger partial charge on any atom is -0.494 e. The molecule has 2 amide bonds. The Morgan fingerprint density at radius 3 is 2.84 bits per heavy atom. The van der Waals surface area contributed by atoms with Crippen molar-refractivity contribution in [1.82, 2.24) is 25.3 Å². The second-order valence-corrected chi connectivity index (χ2v) is 8.74. The van der Waals surface area contributed by atoms with Crippen LogP contribution in [0.25, 0.3) is 11.4 Å². The maximum Gasteiger partial charge on any atom is 0.254 e. The highest BCUT2D eigenvalue weighted by Crippen LogP contribution is 2.38. The van der Waals surface area contributed by atoms with Gasteiger partial charge in [-0.05, 0) is 25.0 Å². The fraction of sp³-hybridized carbons (Fsp3) is 0.400. The number of para-hydroxylation sites is 1. The standard InChI is InChI=1S/C25H29N7O5/c1-26-25(34)17-13-27-20(29-24(33)15-6-7-15)12-19(17)28-18-5-3-4-16(22(18)35-2)23-30-21(37-31-23)14-32-8-10-36-11-9-32/h3-5,12-13,15H,6-11,14H2,1-2H3,(H,26,34)(H2,27,28,29,33)/i1D3. The van der Waals surface area contributed by atoms with Crippen LogP contribution in [0, 0.1) is 5.92 Å². The number of aromatic nitrogens is 3. The molecular formula is C25H29N7O5. The molecule has 0 unspecified atom stereocenters. The Morgan fingerprint density at radius 2 is 2.08 bits per heavy atom. The van der Waals surface area contributed by atoms with Crippen LogP contribution in [-0.2, 0) is 16.1 Å². The summed E-state index contributed by atoms with van der Waals surface area (Å²) in [7, 11) is 1.48. The molecule has 1 aliphatic heterocycles. The molecule has 12 nitrogen and oxygen atoms in total. The number of nitrogens with one attached hydrogen (secondary N) is 3. The molecule has 194 valence electrons. The average Bonchev–Trinajstić information content (AvgIpc) is 3.67. The van der Waals surface area contributed by atoms with Gasteiger partial charge in [0.2, 0.25) is 17.6 Å².